The predicted molar refractivity (Wildman–Crippen MR) is 122 cm³/mol. The number of rotatable bonds is 8. The first kappa shape index (κ1) is 23.3. The van der Waals surface area contributed by atoms with Gasteiger partial charge < -0.3 is 10.1 Å². The smallest absolute Gasteiger partial charge is 0.264 e. The molecule has 1 amide bonds. The second kappa shape index (κ2) is 9.82. The van der Waals surface area contributed by atoms with E-state index in [0.29, 0.717) is 22.6 Å². The molecule has 0 saturated heterocycles. The molecule has 3 aromatic rings. The number of hydrogen-bond acceptors (Lipinski definition) is 4. The summed E-state index contributed by atoms with van der Waals surface area (Å²) in [6.07, 6.45) is 0. The molecule has 0 unspecified atom stereocenters. The van der Waals surface area contributed by atoms with E-state index in [4.69, 9.17) is 4.74 Å². The molecule has 0 aromatic heterocycles. The highest BCUT2D eigenvalue weighted by Gasteiger charge is 2.21. The van der Waals surface area contributed by atoms with Gasteiger partial charge in [0.05, 0.1) is 10.6 Å². The monoisotopic (exact) mass is 456 g/mol. The highest BCUT2D eigenvalue weighted by molar-refractivity contribution is 7.92. The Morgan fingerprint density at radius 3 is 2.28 bits per heavy atom. The average molecular weight is 457 g/mol. The Kier molecular flexibility index (Phi) is 7.15. The second-order valence-electron chi connectivity index (χ2n) is 7.43. The SMILES string of the molecule is Cc1ccc(S(=O)(=O)N(C)c2ccc(OCC(=O)NCc3ccc(C)c(F)c3)cc2)cc1. The zero-order valence-corrected chi connectivity index (χ0v) is 18.9. The van der Waals surface area contributed by atoms with E-state index in [9.17, 15) is 17.6 Å². The van der Waals surface area contributed by atoms with Crippen molar-refractivity contribution in [3.63, 3.8) is 0 Å². The molecule has 0 fully saturated rings. The molecule has 0 atom stereocenters. The zero-order chi connectivity index (χ0) is 23.3. The number of halogens is 1. The highest BCUT2D eigenvalue weighted by Crippen LogP contribution is 2.24. The van der Waals surface area contributed by atoms with Gasteiger partial charge in [0.15, 0.2) is 6.61 Å². The topological polar surface area (TPSA) is 75.7 Å². The third-order valence-corrected chi connectivity index (χ3v) is 6.78. The summed E-state index contributed by atoms with van der Waals surface area (Å²) in [6.45, 7) is 3.54. The van der Waals surface area contributed by atoms with Crippen molar-refractivity contribution in [1.29, 1.82) is 0 Å². The number of amides is 1. The van der Waals surface area contributed by atoms with Crippen LogP contribution in [-0.2, 0) is 21.4 Å². The van der Waals surface area contributed by atoms with Crippen molar-refractivity contribution in [2.75, 3.05) is 18.0 Å². The van der Waals surface area contributed by atoms with Crippen LogP contribution >= 0.6 is 0 Å². The molecule has 8 heteroatoms. The minimum atomic E-state index is -3.69. The van der Waals surface area contributed by atoms with Crippen LogP contribution in [0.1, 0.15) is 16.7 Å². The number of carbonyl (C=O) groups excluding carboxylic acids is 1. The molecular weight excluding hydrogens is 431 g/mol. The molecule has 1 N–H and O–H groups in total. The van der Waals surface area contributed by atoms with Crippen molar-refractivity contribution < 1.29 is 22.3 Å². The van der Waals surface area contributed by atoms with Crippen LogP contribution in [0.3, 0.4) is 0 Å². The summed E-state index contributed by atoms with van der Waals surface area (Å²) < 4.78 is 45.8. The van der Waals surface area contributed by atoms with Crippen LogP contribution in [-0.4, -0.2) is 28.0 Å². The lowest BCUT2D eigenvalue weighted by atomic mass is 10.1. The number of carbonyl (C=O) groups is 1. The van der Waals surface area contributed by atoms with Gasteiger partial charge in [0.1, 0.15) is 11.6 Å². The molecule has 0 radical (unpaired) electrons. The van der Waals surface area contributed by atoms with Crippen LogP contribution in [0.5, 0.6) is 5.75 Å². The molecule has 0 spiro atoms. The number of hydrogen-bond donors (Lipinski definition) is 1. The maximum absolute atomic E-state index is 13.6. The van der Waals surface area contributed by atoms with E-state index in [0.717, 1.165) is 5.56 Å². The quantitative estimate of drug-likeness (QED) is 0.557. The summed E-state index contributed by atoms with van der Waals surface area (Å²) in [5.41, 5.74) is 2.64. The summed E-state index contributed by atoms with van der Waals surface area (Å²) >= 11 is 0. The van der Waals surface area contributed by atoms with Gasteiger partial charge in [0.2, 0.25) is 0 Å². The highest BCUT2D eigenvalue weighted by atomic mass is 32.2. The van der Waals surface area contributed by atoms with Crippen molar-refractivity contribution in [3.8, 4) is 5.75 Å². The van der Waals surface area contributed by atoms with Gasteiger partial charge in [-0.05, 0) is 67.4 Å². The Labute approximate surface area is 187 Å². The second-order valence-corrected chi connectivity index (χ2v) is 9.40. The predicted octanol–water partition coefficient (Wildman–Crippen LogP) is 3.96. The Hall–Kier alpha value is -3.39. The summed E-state index contributed by atoms with van der Waals surface area (Å²) in [6, 6.07) is 17.8. The molecule has 0 heterocycles. The molecule has 0 bridgehead atoms. The van der Waals surface area contributed by atoms with Gasteiger partial charge in [-0.1, -0.05) is 29.8 Å². The molecule has 6 nitrogen and oxygen atoms in total. The van der Waals surface area contributed by atoms with E-state index in [2.05, 4.69) is 5.32 Å². The van der Waals surface area contributed by atoms with Crippen LogP contribution in [0.15, 0.2) is 71.6 Å². The number of sulfonamides is 1. The lowest BCUT2D eigenvalue weighted by Gasteiger charge is -2.20. The van der Waals surface area contributed by atoms with Gasteiger partial charge in [-0.25, -0.2) is 12.8 Å². The van der Waals surface area contributed by atoms with E-state index in [1.807, 2.05) is 6.92 Å². The van der Waals surface area contributed by atoms with Gasteiger partial charge in [-0.3, -0.25) is 9.10 Å². The molecular formula is C24H25FN2O4S. The first-order chi connectivity index (χ1) is 15.2. The van der Waals surface area contributed by atoms with E-state index in [-0.39, 0.29) is 29.8 Å². The van der Waals surface area contributed by atoms with Gasteiger partial charge in [-0.2, -0.15) is 0 Å². The van der Waals surface area contributed by atoms with E-state index >= 15 is 0 Å². The fourth-order valence-corrected chi connectivity index (χ4v) is 4.10. The number of aryl methyl sites for hydroxylation is 2. The molecule has 0 aliphatic carbocycles. The maximum atomic E-state index is 13.6. The molecule has 3 rings (SSSR count). The van der Waals surface area contributed by atoms with Gasteiger partial charge in [0.25, 0.3) is 15.9 Å². The molecule has 0 saturated carbocycles. The number of anilines is 1. The number of benzene rings is 3. The molecule has 0 aliphatic rings. The van der Waals surface area contributed by atoms with Crippen LogP contribution < -0.4 is 14.4 Å². The van der Waals surface area contributed by atoms with Gasteiger partial charge >= 0.3 is 0 Å². The summed E-state index contributed by atoms with van der Waals surface area (Å²) in [4.78, 5) is 12.2. The van der Waals surface area contributed by atoms with E-state index in [1.165, 1.54) is 17.4 Å². The average Bonchev–Trinajstić information content (AvgIpc) is 2.78. The summed E-state index contributed by atoms with van der Waals surface area (Å²) in [7, 11) is -2.21. The lowest BCUT2D eigenvalue weighted by Crippen LogP contribution is -2.28. The minimum Gasteiger partial charge on any atom is -0.484 e. The summed E-state index contributed by atoms with van der Waals surface area (Å²) in [5, 5.41) is 2.67. The van der Waals surface area contributed by atoms with E-state index < -0.39 is 10.0 Å². The Balaban J connectivity index is 1.55. The maximum Gasteiger partial charge on any atom is 0.264 e. The van der Waals surface area contributed by atoms with Gasteiger partial charge in [-0.15, -0.1) is 0 Å². The third kappa shape index (κ3) is 5.64. The standard InChI is InChI=1S/C24H25FN2O4S/c1-17-4-12-22(13-5-17)32(29,30)27(3)20-8-10-21(11-9-20)31-16-24(28)26-15-19-7-6-18(2)23(25)14-19/h4-14H,15-16H2,1-3H3,(H,26,28). The Morgan fingerprint density at radius 1 is 1.00 bits per heavy atom. The van der Waals surface area contributed by atoms with Crippen molar-refractivity contribution >= 4 is 21.6 Å². The summed E-state index contributed by atoms with van der Waals surface area (Å²) in [5.74, 6) is -0.247. The van der Waals surface area contributed by atoms with Gasteiger partial charge in [0, 0.05) is 13.6 Å². The van der Waals surface area contributed by atoms with Crippen LogP contribution in [0.4, 0.5) is 10.1 Å². The molecule has 0 aliphatic heterocycles. The van der Waals surface area contributed by atoms with Crippen LogP contribution in [0.2, 0.25) is 0 Å². The normalized spacial score (nSPS) is 11.1. The van der Waals surface area contributed by atoms with Crippen LogP contribution in [0.25, 0.3) is 0 Å². The molecule has 3 aromatic carbocycles. The number of nitrogens with zero attached hydrogens (tertiary/aromatic N) is 1. The largest absolute Gasteiger partial charge is 0.484 e. The van der Waals surface area contributed by atoms with Crippen molar-refractivity contribution in [3.05, 3.63) is 89.2 Å². The third-order valence-electron chi connectivity index (χ3n) is 4.98. The number of ether oxygens (including phenoxy) is 1. The van der Waals surface area contributed by atoms with Crippen molar-refractivity contribution in [2.24, 2.45) is 0 Å². The fourth-order valence-electron chi connectivity index (χ4n) is 2.91. The van der Waals surface area contributed by atoms with E-state index in [1.54, 1.807) is 67.6 Å². The first-order valence-corrected chi connectivity index (χ1v) is 11.4. The Bertz CT molecular complexity index is 1190. The fraction of sp³-hybridized carbons (Fsp3) is 0.208. The molecule has 168 valence electrons. The van der Waals surface area contributed by atoms with Crippen LogP contribution in [0, 0.1) is 19.7 Å². The number of nitrogens with one attached hydrogen (secondary N) is 1. The zero-order valence-electron chi connectivity index (χ0n) is 18.1. The van der Waals surface area contributed by atoms with Crippen molar-refractivity contribution in [2.45, 2.75) is 25.3 Å². The Morgan fingerprint density at radius 2 is 1.66 bits per heavy atom. The lowest BCUT2D eigenvalue weighted by molar-refractivity contribution is -0.123. The van der Waals surface area contributed by atoms with Crippen molar-refractivity contribution in [1.82, 2.24) is 5.32 Å². The molecule has 32 heavy (non-hydrogen) atoms. The first-order valence-electron chi connectivity index (χ1n) is 9.97. The minimum absolute atomic E-state index is 0.194.